The molecule has 4 aromatic rings. The van der Waals surface area contributed by atoms with Crippen LogP contribution in [-0.4, -0.2) is 19.7 Å². The van der Waals surface area contributed by atoms with Crippen LogP contribution in [0, 0.1) is 0 Å². The summed E-state index contributed by atoms with van der Waals surface area (Å²) in [4.78, 5) is 4.79. The van der Waals surface area contributed by atoms with Gasteiger partial charge in [0, 0.05) is 27.7 Å². The van der Waals surface area contributed by atoms with Crippen LogP contribution < -0.4 is 4.74 Å². The first-order chi connectivity index (χ1) is 16.3. The zero-order chi connectivity index (χ0) is 24.1. The van der Waals surface area contributed by atoms with Crippen LogP contribution in [0.2, 0.25) is 0 Å². The Hall–Kier alpha value is -2.42. The predicted molar refractivity (Wildman–Crippen MR) is 145 cm³/mol. The van der Waals surface area contributed by atoms with Gasteiger partial charge in [0.2, 0.25) is 0 Å². The zero-order valence-corrected chi connectivity index (χ0v) is 22.7. The molecule has 2 aromatic heterocycles. The molecule has 0 radical (unpaired) electrons. The number of allylic oxidation sites excluding steroid dienone is 1. The van der Waals surface area contributed by atoms with Crippen molar-refractivity contribution in [2.45, 2.75) is 50.2 Å². The molecule has 2 heterocycles. The third-order valence-corrected chi connectivity index (χ3v) is 7.60. The fourth-order valence-corrected chi connectivity index (χ4v) is 5.49. The van der Waals surface area contributed by atoms with E-state index >= 15 is 0 Å². The number of halogens is 1. The van der Waals surface area contributed by atoms with Crippen molar-refractivity contribution in [3.8, 4) is 16.3 Å². The molecule has 0 N–H and O–H groups in total. The van der Waals surface area contributed by atoms with E-state index in [9.17, 15) is 0 Å². The summed E-state index contributed by atoms with van der Waals surface area (Å²) >= 11 is 6.80. The maximum Gasteiger partial charge on any atom is 0.191 e. The van der Waals surface area contributed by atoms with Gasteiger partial charge in [-0.3, -0.25) is 4.57 Å². The number of ether oxygens (including phenoxy) is 1. The normalized spacial score (nSPS) is 11.5. The zero-order valence-electron chi connectivity index (χ0n) is 19.5. The average Bonchev–Trinajstić information content (AvgIpc) is 3.43. The van der Waals surface area contributed by atoms with Gasteiger partial charge in [-0.1, -0.05) is 78.8 Å². The lowest BCUT2D eigenvalue weighted by atomic mass is 9.87. The number of hydrogen-bond donors (Lipinski definition) is 0. The van der Waals surface area contributed by atoms with E-state index in [0.29, 0.717) is 13.2 Å². The largest absolute Gasteiger partial charge is 0.486 e. The summed E-state index contributed by atoms with van der Waals surface area (Å²) in [6.45, 7) is 11.5. The van der Waals surface area contributed by atoms with Crippen LogP contribution in [0.5, 0.6) is 5.75 Å². The quantitative estimate of drug-likeness (QED) is 0.158. The Morgan fingerprint density at radius 2 is 1.94 bits per heavy atom. The molecule has 2 aromatic carbocycles. The second-order valence-corrected chi connectivity index (χ2v) is 11.5. The second kappa shape index (κ2) is 10.9. The third kappa shape index (κ3) is 6.17. The van der Waals surface area contributed by atoms with Crippen LogP contribution in [0.1, 0.15) is 37.9 Å². The molecule has 176 valence electrons. The van der Waals surface area contributed by atoms with E-state index in [1.54, 1.807) is 23.1 Å². The number of hydrogen-bond acceptors (Lipinski definition) is 6. The highest BCUT2D eigenvalue weighted by Gasteiger charge is 2.15. The third-order valence-electron chi connectivity index (χ3n) is 5.17. The van der Waals surface area contributed by atoms with E-state index in [2.05, 4.69) is 83.1 Å². The summed E-state index contributed by atoms with van der Waals surface area (Å²) in [5.74, 6) is 2.31. The van der Waals surface area contributed by atoms with E-state index in [1.807, 2.05) is 34.9 Å². The smallest absolute Gasteiger partial charge is 0.191 e. The minimum absolute atomic E-state index is 0.116. The van der Waals surface area contributed by atoms with Gasteiger partial charge in [-0.2, -0.15) is 0 Å². The lowest BCUT2D eigenvalue weighted by Crippen LogP contribution is -2.11. The minimum atomic E-state index is 0.116. The number of thioether (sulfide) groups is 1. The molecular formula is C26H27BrN4OS2. The van der Waals surface area contributed by atoms with Gasteiger partial charge in [-0.05, 0) is 35.2 Å². The fourth-order valence-electron chi connectivity index (χ4n) is 3.31. The van der Waals surface area contributed by atoms with Gasteiger partial charge in [-0.25, -0.2) is 4.98 Å². The molecule has 0 amide bonds. The molecule has 0 aliphatic rings. The lowest BCUT2D eigenvalue weighted by Gasteiger charge is -2.19. The SMILES string of the molecule is C=CCn1c(COc2ccc(C(C)(C)C)cc2)nnc1SCc1csc(-c2cccc(Br)c2)n1. The average molecular weight is 556 g/mol. The summed E-state index contributed by atoms with van der Waals surface area (Å²) in [6.07, 6.45) is 1.85. The van der Waals surface area contributed by atoms with Crippen LogP contribution in [-0.2, 0) is 24.3 Å². The van der Waals surface area contributed by atoms with Gasteiger partial charge in [0.05, 0.1) is 5.69 Å². The van der Waals surface area contributed by atoms with Crippen LogP contribution >= 0.6 is 39.0 Å². The van der Waals surface area contributed by atoms with E-state index in [1.165, 1.54) is 5.56 Å². The molecule has 0 unspecified atom stereocenters. The first-order valence-corrected chi connectivity index (χ1v) is 13.6. The van der Waals surface area contributed by atoms with Crippen LogP contribution in [0.4, 0.5) is 0 Å². The highest BCUT2D eigenvalue weighted by Crippen LogP contribution is 2.29. The molecule has 0 saturated carbocycles. The van der Waals surface area contributed by atoms with Crippen molar-refractivity contribution >= 4 is 39.0 Å². The summed E-state index contributed by atoms with van der Waals surface area (Å²) in [5, 5.41) is 12.7. The summed E-state index contributed by atoms with van der Waals surface area (Å²) in [6, 6.07) is 16.4. The van der Waals surface area contributed by atoms with Crippen molar-refractivity contribution in [3.63, 3.8) is 0 Å². The van der Waals surface area contributed by atoms with E-state index in [4.69, 9.17) is 9.72 Å². The number of benzene rings is 2. The van der Waals surface area contributed by atoms with Gasteiger partial charge in [-0.15, -0.1) is 28.1 Å². The van der Waals surface area contributed by atoms with E-state index in [0.717, 1.165) is 43.2 Å². The Bertz CT molecular complexity index is 1260. The van der Waals surface area contributed by atoms with Crippen LogP contribution in [0.3, 0.4) is 0 Å². The Morgan fingerprint density at radius 1 is 1.15 bits per heavy atom. The standard InChI is InChI=1S/C26H27BrN4OS2/c1-5-13-31-23(15-32-22-11-9-19(10-12-22)26(2,3)4)29-30-25(31)34-17-21-16-33-24(28-21)18-7-6-8-20(27)14-18/h5-12,14,16H,1,13,15,17H2,2-4H3. The van der Waals surface area contributed by atoms with Crippen molar-refractivity contribution in [2.75, 3.05) is 0 Å². The Morgan fingerprint density at radius 3 is 2.65 bits per heavy atom. The first-order valence-electron chi connectivity index (χ1n) is 10.9. The van der Waals surface area contributed by atoms with E-state index in [-0.39, 0.29) is 5.41 Å². The molecule has 0 bridgehead atoms. The van der Waals surface area contributed by atoms with Crippen molar-refractivity contribution in [2.24, 2.45) is 0 Å². The van der Waals surface area contributed by atoms with Gasteiger partial charge < -0.3 is 4.74 Å². The molecule has 0 aliphatic carbocycles. The van der Waals surface area contributed by atoms with Gasteiger partial charge in [0.1, 0.15) is 17.4 Å². The van der Waals surface area contributed by atoms with Crippen LogP contribution in [0.15, 0.2) is 76.2 Å². The minimum Gasteiger partial charge on any atom is -0.486 e. The van der Waals surface area contributed by atoms with Crippen molar-refractivity contribution in [3.05, 3.63) is 88.1 Å². The Labute approximate surface area is 217 Å². The monoisotopic (exact) mass is 554 g/mol. The maximum atomic E-state index is 6.00. The molecule has 8 heteroatoms. The highest BCUT2D eigenvalue weighted by molar-refractivity contribution is 9.10. The topological polar surface area (TPSA) is 52.8 Å². The summed E-state index contributed by atoms with van der Waals surface area (Å²) < 4.78 is 9.10. The second-order valence-electron chi connectivity index (χ2n) is 8.80. The number of aromatic nitrogens is 4. The number of thiazole rings is 1. The molecule has 0 saturated heterocycles. The Kier molecular flexibility index (Phi) is 7.91. The maximum absolute atomic E-state index is 6.00. The molecule has 0 aliphatic heterocycles. The molecule has 4 rings (SSSR count). The fraction of sp³-hybridized carbons (Fsp3) is 0.269. The molecule has 0 fully saturated rings. The van der Waals surface area contributed by atoms with Gasteiger partial charge in [0.25, 0.3) is 0 Å². The highest BCUT2D eigenvalue weighted by atomic mass is 79.9. The number of nitrogens with zero attached hydrogens (tertiary/aromatic N) is 4. The van der Waals surface area contributed by atoms with Crippen molar-refractivity contribution in [1.82, 2.24) is 19.7 Å². The summed E-state index contributed by atoms with van der Waals surface area (Å²) in [7, 11) is 0. The number of rotatable bonds is 9. The van der Waals surface area contributed by atoms with Gasteiger partial charge in [0.15, 0.2) is 11.0 Å². The molecule has 0 spiro atoms. The Balaban J connectivity index is 1.41. The lowest BCUT2D eigenvalue weighted by molar-refractivity contribution is 0.289. The van der Waals surface area contributed by atoms with Crippen LogP contribution in [0.25, 0.3) is 10.6 Å². The summed E-state index contributed by atoms with van der Waals surface area (Å²) in [5.41, 5.74) is 3.53. The van der Waals surface area contributed by atoms with Gasteiger partial charge >= 0.3 is 0 Å². The molecular weight excluding hydrogens is 528 g/mol. The predicted octanol–water partition coefficient (Wildman–Crippen LogP) is 7.52. The first kappa shape index (κ1) is 24.7. The van der Waals surface area contributed by atoms with Crippen molar-refractivity contribution in [1.29, 1.82) is 0 Å². The van der Waals surface area contributed by atoms with Crippen molar-refractivity contribution < 1.29 is 4.74 Å². The molecule has 5 nitrogen and oxygen atoms in total. The molecule has 0 atom stereocenters. The van der Waals surface area contributed by atoms with E-state index < -0.39 is 0 Å². The molecule has 34 heavy (non-hydrogen) atoms.